The molecule has 0 N–H and O–H groups in total. The Morgan fingerprint density at radius 2 is 1.97 bits per heavy atom. The van der Waals surface area contributed by atoms with E-state index in [1.807, 2.05) is 24.4 Å². The van der Waals surface area contributed by atoms with E-state index >= 15 is 0 Å². The number of hydrogen-bond donors (Lipinski definition) is 0. The summed E-state index contributed by atoms with van der Waals surface area (Å²) >= 11 is 6.53. The second kappa shape index (κ2) is 7.35. The topological polar surface area (TPSA) is 85.0 Å². The van der Waals surface area contributed by atoms with Crippen molar-refractivity contribution < 1.29 is 4.42 Å². The molecule has 144 valence electrons. The number of benzene rings is 1. The lowest BCUT2D eigenvalue weighted by molar-refractivity contribution is 0.240. The maximum absolute atomic E-state index is 12.5. The van der Waals surface area contributed by atoms with Gasteiger partial charge in [0, 0.05) is 55.6 Å². The van der Waals surface area contributed by atoms with Gasteiger partial charge in [-0.25, -0.2) is 24.7 Å². The monoisotopic (exact) mass is 405 g/mol. The lowest BCUT2D eigenvalue weighted by Crippen LogP contribution is -2.32. The van der Waals surface area contributed by atoms with Crippen LogP contribution in [-0.4, -0.2) is 31.4 Å². The van der Waals surface area contributed by atoms with Crippen molar-refractivity contribution in [2.24, 2.45) is 0 Å². The fraction of sp³-hybridized carbons (Fsp3) is 0.190. The van der Waals surface area contributed by atoms with Crippen molar-refractivity contribution >= 4 is 22.6 Å². The van der Waals surface area contributed by atoms with Gasteiger partial charge in [0.05, 0.1) is 21.8 Å². The molecule has 0 atom stereocenters. The zero-order valence-corrected chi connectivity index (χ0v) is 16.1. The van der Waals surface area contributed by atoms with Crippen LogP contribution < -0.4 is 5.63 Å². The number of para-hydroxylation sites is 1. The third kappa shape index (κ3) is 3.39. The van der Waals surface area contributed by atoms with Crippen molar-refractivity contribution in [1.82, 2.24) is 24.8 Å². The van der Waals surface area contributed by atoms with E-state index in [1.165, 1.54) is 6.33 Å². The lowest BCUT2D eigenvalue weighted by Gasteiger charge is -2.28. The molecule has 7 nitrogen and oxygen atoms in total. The van der Waals surface area contributed by atoms with Gasteiger partial charge < -0.3 is 4.42 Å². The van der Waals surface area contributed by atoms with Crippen molar-refractivity contribution in [3.63, 3.8) is 0 Å². The summed E-state index contributed by atoms with van der Waals surface area (Å²) in [7, 11) is 0. The minimum absolute atomic E-state index is 0.393. The highest BCUT2D eigenvalue weighted by Crippen LogP contribution is 2.27. The molecule has 5 rings (SSSR count). The van der Waals surface area contributed by atoms with Gasteiger partial charge in [-0.05, 0) is 12.1 Å². The summed E-state index contributed by atoms with van der Waals surface area (Å²) in [6, 6.07) is 7.30. The normalized spacial score (nSPS) is 14.1. The molecular formula is C21H16ClN5O2. The lowest BCUT2D eigenvalue weighted by atomic mass is 10.1. The maximum Gasteiger partial charge on any atom is 0.342 e. The first-order valence-electron chi connectivity index (χ1n) is 9.22. The molecule has 0 fully saturated rings. The van der Waals surface area contributed by atoms with Crippen LogP contribution in [0.15, 0.2) is 58.4 Å². The second-order valence-electron chi connectivity index (χ2n) is 6.93. The highest BCUT2D eigenvalue weighted by molar-refractivity contribution is 6.35. The minimum Gasteiger partial charge on any atom is -0.422 e. The zero-order valence-electron chi connectivity index (χ0n) is 15.4. The SMILES string of the molecule is O=c1oc2ccccc2c(Cl)c1CN1CCc2nc(-c3cncnc3)ncc2C1. The molecule has 29 heavy (non-hydrogen) atoms. The van der Waals surface area contributed by atoms with Crippen LogP contribution in [0, 0.1) is 0 Å². The fourth-order valence-electron chi connectivity index (χ4n) is 3.57. The summed E-state index contributed by atoms with van der Waals surface area (Å²) in [5.41, 5.74) is 3.42. The molecule has 1 aliphatic heterocycles. The first-order chi connectivity index (χ1) is 14.2. The molecule has 8 heteroatoms. The second-order valence-corrected chi connectivity index (χ2v) is 7.31. The van der Waals surface area contributed by atoms with Crippen LogP contribution in [0.2, 0.25) is 5.02 Å². The number of nitrogens with zero attached hydrogens (tertiary/aromatic N) is 5. The summed E-state index contributed by atoms with van der Waals surface area (Å²) in [6.45, 7) is 1.82. The third-order valence-electron chi connectivity index (χ3n) is 5.05. The average Bonchev–Trinajstić information content (AvgIpc) is 2.77. The summed E-state index contributed by atoms with van der Waals surface area (Å²) in [5, 5.41) is 1.21. The Bertz CT molecular complexity index is 1260. The Hall–Kier alpha value is -3.16. The predicted octanol–water partition coefficient (Wildman–Crippen LogP) is 3.25. The summed E-state index contributed by atoms with van der Waals surface area (Å²) in [6.07, 6.45) is 7.47. The first-order valence-corrected chi connectivity index (χ1v) is 9.59. The van der Waals surface area contributed by atoms with Crippen molar-refractivity contribution in [3.8, 4) is 11.4 Å². The van der Waals surface area contributed by atoms with Gasteiger partial charge in [-0.1, -0.05) is 23.7 Å². The Balaban J connectivity index is 1.41. The van der Waals surface area contributed by atoms with Gasteiger partial charge in [-0.15, -0.1) is 0 Å². The Labute approximate surface area is 171 Å². The van der Waals surface area contributed by atoms with Gasteiger partial charge >= 0.3 is 5.63 Å². The highest BCUT2D eigenvalue weighted by Gasteiger charge is 2.22. The predicted molar refractivity (Wildman–Crippen MR) is 108 cm³/mol. The smallest absolute Gasteiger partial charge is 0.342 e. The Morgan fingerprint density at radius 3 is 2.83 bits per heavy atom. The van der Waals surface area contributed by atoms with Crippen LogP contribution in [-0.2, 0) is 19.5 Å². The molecule has 0 saturated heterocycles. The molecule has 0 amide bonds. The molecule has 0 saturated carbocycles. The summed E-state index contributed by atoms with van der Waals surface area (Å²) < 4.78 is 5.45. The standard InChI is InChI=1S/C21H16ClN5O2/c22-19-15-3-1-2-4-18(15)29-21(28)16(19)11-27-6-5-17-14(10-27)9-25-20(26-17)13-7-23-12-24-8-13/h1-4,7-9,12H,5-6,10-11H2. The van der Waals surface area contributed by atoms with E-state index in [4.69, 9.17) is 16.0 Å². The number of hydrogen-bond acceptors (Lipinski definition) is 7. The molecule has 4 heterocycles. The van der Waals surface area contributed by atoms with Crippen LogP contribution in [0.1, 0.15) is 16.8 Å². The van der Waals surface area contributed by atoms with E-state index in [0.717, 1.165) is 35.2 Å². The average molecular weight is 406 g/mol. The first kappa shape index (κ1) is 17.9. The number of rotatable bonds is 3. The van der Waals surface area contributed by atoms with Crippen molar-refractivity contribution in [3.05, 3.63) is 81.4 Å². The number of aromatic nitrogens is 4. The zero-order chi connectivity index (χ0) is 19.8. The van der Waals surface area contributed by atoms with Crippen molar-refractivity contribution in [2.75, 3.05) is 6.54 Å². The molecule has 1 aliphatic rings. The van der Waals surface area contributed by atoms with Gasteiger partial charge in [0.25, 0.3) is 0 Å². The van der Waals surface area contributed by atoms with E-state index in [9.17, 15) is 4.79 Å². The molecule has 0 unspecified atom stereocenters. The van der Waals surface area contributed by atoms with E-state index in [1.54, 1.807) is 18.5 Å². The molecule has 0 spiro atoms. The highest BCUT2D eigenvalue weighted by atomic mass is 35.5. The Morgan fingerprint density at radius 1 is 1.14 bits per heavy atom. The van der Waals surface area contributed by atoms with E-state index < -0.39 is 5.63 Å². The largest absolute Gasteiger partial charge is 0.422 e. The molecule has 0 aliphatic carbocycles. The van der Waals surface area contributed by atoms with Crippen molar-refractivity contribution in [2.45, 2.75) is 19.5 Å². The summed E-state index contributed by atoms with van der Waals surface area (Å²) in [5.74, 6) is 0.621. The quantitative estimate of drug-likeness (QED) is 0.483. The minimum atomic E-state index is -0.393. The molecular weight excluding hydrogens is 390 g/mol. The molecule has 1 aromatic carbocycles. The third-order valence-corrected chi connectivity index (χ3v) is 5.48. The summed E-state index contributed by atoms with van der Waals surface area (Å²) in [4.78, 5) is 31.8. The molecule has 3 aromatic heterocycles. The molecule has 0 bridgehead atoms. The fourth-order valence-corrected chi connectivity index (χ4v) is 3.86. The van der Waals surface area contributed by atoms with Crippen LogP contribution in [0.25, 0.3) is 22.4 Å². The van der Waals surface area contributed by atoms with Crippen LogP contribution in [0.4, 0.5) is 0 Å². The Kier molecular flexibility index (Phi) is 4.54. The van der Waals surface area contributed by atoms with E-state index in [0.29, 0.717) is 35.1 Å². The van der Waals surface area contributed by atoms with Gasteiger partial charge in [-0.3, -0.25) is 4.90 Å². The molecule has 4 aromatic rings. The molecule has 0 radical (unpaired) electrons. The van der Waals surface area contributed by atoms with Gasteiger partial charge in [0.1, 0.15) is 11.9 Å². The van der Waals surface area contributed by atoms with Crippen LogP contribution >= 0.6 is 11.6 Å². The van der Waals surface area contributed by atoms with Crippen LogP contribution in [0.5, 0.6) is 0 Å². The number of halogens is 1. The van der Waals surface area contributed by atoms with Gasteiger partial charge in [0.2, 0.25) is 0 Å². The maximum atomic E-state index is 12.5. The number of fused-ring (bicyclic) bond motifs is 2. The van der Waals surface area contributed by atoms with Gasteiger partial charge in [-0.2, -0.15) is 0 Å². The van der Waals surface area contributed by atoms with Gasteiger partial charge in [0.15, 0.2) is 5.82 Å². The van der Waals surface area contributed by atoms with E-state index in [-0.39, 0.29) is 0 Å². The van der Waals surface area contributed by atoms with Crippen LogP contribution in [0.3, 0.4) is 0 Å². The van der Waals surface area contributed by atoms with Crippen molar-refractivity contribution in [1.29, 1.82) is 0 Å². The van der Waals surface area contributed by atoms with E-state index in [2.05, 4.69) is 24.8 Å².